The van der Waals surface area contributed by atoms with Crippen LogP contribution in [0.25, 0.3) is 16.9 Å². The summed E-state index contributed by atoms with van der Waals surface area (Å²) in [5.41, 5.74) is 3.75. The van der Waals surface area contributed by atoms with Crippen LogP contribution in [0, 0.1) is 0 Å². The fourth-order valence-corrected chi connectivity index (χ4v) is 3.61. The molecule has 0 amide bonds. The Balaban J connectivity index is 1.70. The lowest BCUT2D eigenvalue weighted by molar-refractivity contribution is 0.792. The van der Waals surface area contributed by atoms with Crippen molar-refractivity contribution in [3.8, 4) is 11.3 Å². The maximum Gasteiger partial charge on any atom is 0.172 e. The molecule has 0 aliphatic carbocycles. The molecule has 0 saturated carbocycles. The standard InChI is InChI=1S/C21H18BrClN4/c1-14(15-7-3-2-4-8-15)12-24-20-11-19(16-9-5-6-10-18(16)23)26-21-17(22)13-25-27(20)21/h2-11,13-14,24H,12H2,1H3. The van der Waals surface area contributed by atoms with E-state index in [0.29, 0.717) is 10.9 Å². The number of rotatable bonds is 5. The van der Waals surface area contributed by atoms with Gasteiger partial charge in [-0.3, -0.25) is 0 Å². The molecule has 1 N–H and O–H groups in total. The van der Waals surface area contributed by atoms with E-state index >= 15 is 0 Å². The van der Waals surface area contributed by atoms with Gasteiger partial charge >= 0.3 is 0 Å². The van der Waals surface area contributed by atoms with Gasteiger partial charge in [0.15, 0.2) is 5.65 Å². The average Bonchev–Trinajstić information content (AvgIpc) is 3.08. The van der Waals surface area contributed by atoms with Gasteiger partial charge in [-0.2, -0.15) is 9.61 Å². The first-order valence-corrected chi connectivity index (χ1v) is 9.88. The first kappa shape index (κ1) is 18.0. The number of benzene rings is 2. The molecule has 136 valence electrons. The highest BCUT2D eigenvalue weighted by molar-refractivity contribution is 9.10. The van der Waals surface area contributed by atoms with Gasteiger partial charge in [0.25, 0.3) is 0 Å². The van der Waals surface area contributed by atoms with Crippen LogP contribution in [0.15, 0.2) is 71.3 Å². The van der Waals surface area contributed by atoms with Crippen LogP contribution in [0.1, 0.15) is 18.4 Å². The first-order valence-electron chi connectivity index (χ1n) is 8.71. The van der Waals surface area contributed by atoms with Gasteiger partial charge < -0.3 is 5.32 Å². The number of anilines is 1. The Labute approximate surface area is 171 Å². The van der Waals surface area contributed by atoms with Crippen LogP contribution < -0.4 is 5.32 Å². The minimum absolute atomic E-state index is 0.359. The highest BCUT2D eigenvalue weighted by Gasteiger charge is 2.14. The average molecular weight is 442 g/mol. The van der Waals surface area contributed by atoms with Gasteiger partial charge in [0.2, 0.25) is 0 Å². The molecule has 0 aliphatic heterocycles. The highest BCUT2D eigenvalue weighted by Crippen LogP contribution is 2.30. The number of hydrogen-bond acceptors (Lipinski definition) is 3. The van der Waals surface area contributed by atoms with Gasteiger partial charge in [0, 0.05) is 23.2 Å². The molecule has 27 heavy (non-hydrogen) atoms. The van der Waals surface area contributed by atoms with E-state index in [9.17, 15) is 0 Å². The predicted molar refractivity (Wildman–Crippen MR) is 114 cm³/mol. The zero-order valence-electron chi connectivity index (χ0n) is 14.7. The van der Waals surface area contributed by atoms with Crippen LogP contribution >= 0.6 is 27.5 Å². The molecular weight excluding hydrogens is 424 g/mol. The minimum Gasteiger partial charge on any atom is -0.369 e. The molecule has 2 aromatic heterocycles. The zero-order valence-corrected chi connectivity index (χ0v) is 17.1. The quantitative estimate of drug-likeness (QED) is 0.411. The second-order valence-electron chi connectivity index (χ2n) is 6.43. The Kier molecular flexibility index (Phi) is 5.14. The number of hydrogen-bond donors (Lipinski definition) is 1. The Bertz CT molecular complexity index is 1080. The molecule has 0 spiro atoms. The van der Waals surface area contributed by atoms with Crippen LogP contribution in [0.2, 0.25) is 5.02 Å². The summed E-state index contributed by atoms with van der Waals surface area (Å²) in [5.74, 6) is 1.24. The van der Waals surface area contributed by atoms with E-state index in [1.165, 1.54) is 5.56 Å². The molecule has 4 rings (SSSR count). The van der Waals surface area contributed by atoms with Crippen LogP contribution in [0.4, 0.5) is 5.82 Å². The largest absolute Gasteiger partial charge is 0.369 e. The van der Waals surface area contributed by atoms with E-state index in [2.05, 4.69) is 57.5 Å². The maximum absolute atomic E-state index is 6.39. The molecule has 0 aliphatic rings. The lowest BCUT2D eigenvalue weighted by atomic mass is 10.0. The number of aromatic nitrogens is 3. The number of fused-ring (bicyclic) bond motifs is 1. The van der Waals surface area contributed by atoms with Crippen molar-refractivity contribution in [3.05, 3.63) is 81.9 Å². The predicted octanol–water partition coefficient (Wildman–Crippen LogP) is 6.03. The van der Waals surface area contributed by atoms with Crippen molar-refractivity contribution < 1.29 is 0 Å². The van der Waals surface area contributed by atoms with Crippen molar-refractivity contribution in [1.82, 2.24) is 14.6 Å². The number of nitrogens with one attached hydrogen (secondary N) is 1. The van der Waals surface area contributed by atoms with E-state index in [-0.39, 0.29) is 0 Å². The van der Waals surface area contributed by atoms with Gasteiger partial charge in [-0.15, -0.1) is 0 Å². The Morgan fingerprint density at radius 3 is 2.63 bits per heavy atom. The second-order valence-corrected chi connectivity index (χ2v) is 7.69. The third kappa shape index (κ3) is 3.70. The topological polar surface area (TPSA) is 42.2 Å². The third-order valence-corrected chi connectivity index (χ3v) is 5.43. The number of halogens is 2. The van der Waals surface area contributed by atoms with Crippen LogP contribution in [0.5, 0.6) is 0 Å². The lowest BCUT2D eigenvalue weighted by Gasteiger charge is -2.16. The van der Waals surface area contributed by atoms with Crippen LogP contribution in [0.3, 0.4) is 0 Å². The fourth-order valence-electron chi connectivity index (χ4n) is 3.03. The minimum atomic E-state index is 0.359. The molecule has 0 bridgehead atoms. The van der Waals surface area contributed by atoms with E-state index in [0.717, 1.165) is 33.7 Å². The molecule has 0 radical (unpaired) electrons. The van der Waals surface area contributed by atoms with Gasteiger partial charge in [-0.05, 0) is 33.5 Å². The Hall–Kier alpha value is -2.37. The zero-order chi connectivity index (χ0) is 18.8. The van der Waals surface area contributed by atoms with Crippen LogP contribution in [-0.4, -0.2) is 21.1 Å². The molecule has 0 saturated heterocycles. The van der Waals surface area contributed by atoms with Gasteiger partial charge in [-0.25, -0.2) is 4.98 Å². The lowest BCUT2D eigenvalue weighted by Crippen LogP contribution is -2.13. The van der Waals surface area contributed by atoms with Crippen molar-refractivity contribution in [3.63, 3.8) is 0 Å². The molecule has 4 aromatic rings. The molecule has 2 heterocycles. The van der Waals surface area contributed by atoms with Crippen LogP contribution in [-0.2, 0) is 0 Å². The summed E-state index contributed by atoms with van der Waals surface area (Å²) < 4.78 is 2.65. The van der Waals surface area contributed by atoms with Crippen molar-refractivity contribution in [2.45, 2.75) is 12.8 Å². The molecule has 4 nitrogen and oxygen atoms in total. The van der Waals surface area contributed by atoms with E-state index in [4.69, 9.17) is 16.6 Å². The van der Waals surface area contributed by atoms with Gasteiger partial charge in [0.1, 0.15) is 5.82 Å². The number of nitrogens with zero attached hydrogens (tertiary/aromatic N) is 3. The molecule has 1 unspecified atom stereocenters. The molecule has 1 atom stereocenters. The smallest absolute Gasteiger partial charge is 0.172 e. The highest BCUT2D eigenvalue weighted by atomic mass is 79.9. The SMILES string of the molecule is CC(CNc1cc(-c2ccccc2Cl)nc2c(Br)cnn12)c1ccccc1. The molecule has 0 fully saturated rings. The molecule has 2 aromatic carbocycles. The summed E-state index contributed by atoms with van der Waals surface area (Å²) in [4.78, 5) is 4.74. The van der Waals surface area contributed by atoms with Gasteiger partial charge in [-0.1, -0.05) is 67.1 Å². The summed E-state index contributed by atoms with van der Waals surface area (Å²) in [6.07, 6.45) is 1.75. The molecule has 6 heteroatoms. The Morgan fingerprint density at radius 1 is 1.11 bits per heavy atom. The molecular formula is C21H18BrClN4. The van der Waals surface area contributed by atoms with E-state index in [1.807, 2.05) is 40.9 Å². The summed E-state index contributed by atoms with van der Waals surface area (Å²) in [6.45, 7) is 2.98. The van der Waals surface area contributed by atoms with Crippen molar-refractivity contribution in [2.75, 3.05) is 11.9 Å². The maximum atomic E-state index is 6.39. The van der Waals surface area contributed by atoms with Gasteiger partial charge in [0.05, 0.1) is 16.4 Å². The van der Waals surface area contributed by atoms with E-state index in [1.54, 1.807) is 6.20 Å². The summed E-state index contributed by atoms with van der Waals surface area (Å²) in [5, 5.41) is 8.64. The summed E-state index contributed by atoms with van der Waals surface area (Å²) in [7, 11) is 0. The van der Waals surface area contributed by atoms with Crippen molar-refractivity contribution in [1.29, 1.82) is 0 Å². The fraction of sp³-hybridized carbons (Fsp3) is 0.143. The summed E-state index contributed by atoms with van der Waals surface area (Å²) in [6, 6.07) is 20.2. The van der Waals surface area contributed by atoms with Crippen molar-refractivity contribution in [2.24, 2.45) is 0 Å². The van der Waals surface area contributed by atoms with E-state index < -0.39 is 0 Å². The Morgan fingerprint density at radius 2 is 1.85 bits per heavy atom. The third-order valence-electron chi connectivity index (χ3n) is 4.54. The second kappa shape index (κ2) is 7.71. The van der Waals surface area contributed by atoms with Crippen molar-refractivity contribution >= 4 is 39.0 Å². The summed E-state index contributed by atoms with van der Waals surface area (Å²) >= 11 is 9.93. The monoisotopic (exact) mass is 440 g/mol. The first-order chi connectivity index (χ1) is 13.1. The normalized spacial score (nSPS) is 12.3.